The van der Waals surface area contributed by atoms with E-state index in [1.807, 2.05) is 0 Å². The molecule has 0 saturated carbocycles. The summed E-state index contributed by atoms with van der Waals surface area (Å²) in [4.78, 5) is 16.5. The van der Waals surface area contributed by atoms with Crippen molar-refractivity contribution in [2.75, 3.05) is 18.5 Å². The second kappa shape index (κ2) is 5.00. The van der Waals surface area contributed by atoms with E-state index in [0.29, 0.717) is 21.2 Å². The minimum absolute atomic E-state index is 0.148. The molecule has 0 atom stereocenters. The summed E-state index contributed by atoms with van der Waals surface area (Å²) in [5, 5.41) is 11.3. The number of pyridine rings is 1. The highest BCUT2D eigenvalue weighted by Gasteiger charge is 2.13. The number of aliphatic carboxylic acids is 1. The first-order valence-electron chi connectivity index (χ1n) is 5.15. The molecule has 0 saturated heterocycles. The van der Waals surface area contributed by atoms with Gasteiger partial charge < -0.3 is 10.0 Å². The Morgan fingerprint density at radius 2 is 2.17 bits per heavy atom. The number of likely N-dealkylation sites (N-methyl/N-ethyl adjacent to an activating group) is 1. The molecule has 18 heavy (non-hydrogen) atoms. The number of nitrogens with zero attached hydrogens (tertiary/aromatic N) is 2. The van der Waals surface area contributed by atoms with Gasteiger partial charge in [-0.25, -0.2) is 4.98 Å². The summed E-state index contributed by atoms with van der Waals surface area (Å²) >= 11 is 12.1. The van der Waals surface area contributed by atoms with Crippen LogP contribution in [0, 0.1) is 0 Å². The third-order valence-electron chi connectivity index (χ3n) is 2.49. The van der Waals surface area contributed by atoms with Crippen LogP contribution in [0.4, 0.5) is 5.82 Å². The van der Waals surface area contributed by atoms with E-state index in [-0.39, 0.29) is 6.54 Å². The minimum Gasteiger partial charge on any atom is -0.480 e. The van der Waals surface area contributed by atoms with Crippen molar-refractivity contribution in [1.82, 2.24) is 4.98 Å². The van der Waals surface area contributed by atoms with E-state index in [1.54, 1.807) is 31.4 Å². The first-order chi connectivity index (χ1) is 8.49. The van der Waals surface area contributed by atoms with Crippen LogP contribution in [0.3, 0.4) is 0 Å². The summed E-state index contributed by atoms with van der Waals surface area (Å²) < 4.78 is 0. The van der Waals surface area contributed by atoms with Crippen LogP contribution < -0.4 is 4.90 Å². The number of fused-ring (bicyclic) bond motifs is 1. The van der Waals surface area contributed by atoms with E-state index in [9.17, 15) is 4.79 Å². The van der Waals surface area contributed by atoms with Crippen molar-refractivity contribution < 1.29 is 9.90 Å². The number of rotatable bonds is 3. The number of anilines is 1. The number of benzene rings is 1. The van der Waals surface area contributed by atoms with E-state index >= 15 is 0 Å². The monoisotopic (exact) mass is 284 g/mol. The highest BCUT2D eigenvalue weighted by Crippen LogP contribution is 2.33. The Kier molecular flexibility index (Phi) is 3.59. The van der Waals surface area contributed by atoms with Gasteiger partial charge in [0.1, 0.15) is 12.4 Å². The lowest BCUT2D eigenvalue weighted by molar-refractivity contribution is -0.135. The predicted molar refractivity (Wildman–Crippen MR) is 72.7 cm³/mol. The van der Waals surface area contributed by atoms with E-state index in [0.717, 1.165) is 5.39 Å². The molecule has 1 heterocycles. The summed E-state index contributed by atoms with van der Waals surface area (Å²) in [7, 11) is 1.65. The molecule has 0 aliphatic heterocycles. The van der Waals surface area contributed by atoms with Crippen molar-refractivity contribution in [1.29, 1.82) is 0 Å². The van der Waals surface area contributed by atoms with Crippen molar-refractivity contribution >= 4 is 45.8 Å². The molecule has 1 aromatic heterocycles. The fraction of sp³-hybridized carbons (Fsp3) is 0.167. The second-order valence-electron chi connectivity index (χ2n) is 3.87. The lowest BCUT2D eigenvalue weighted by atomic mass is 10.1. The molecule has 1 N–H and O–H groups in total. The summed E-state index contributed by atoms with van der Waals surface area (Å²) in [5.74, 6) is -0.405. The number of carboxylic acids is 1. The van der Waals surface area contributed by atoms with Crippen LogP contribution in [0.5, 0.6) is 0 Å². The zero-order valence-corrected chi connectivity index (χ0v) is 11.0. The molecule has 0 bridgehead atoms. The molecule has 94 valence electrons. The molecule has 2 aromatic rings. The maximum absolute atomic E-state index is 10.7. The first-order valence-corrected chi connectivity index (χ1v) is 5.91. The van der Waals surface area contributed by atoms with Crippen LogP contribution in [0.25, 0.3) is 10.8 Å². The average Bonchev–Trinajstić information content (AvgIpc) is 2.26. The quantitative estimate of drug-likeness (QED) is 0.941. The second-order valence-corrected chi connectivity index (χ2v) is 4.71. The smallest absolute Gasteiger partial charge is 0.323 e. The van der Waals surface area contributed by atoms with Gasteiger partial charge >= 0.3 is 5.97 Å². The molecule has 1 aromatic carbocycles. The fourth-order valence-electron chi connectivity index (χ4n) is 1.78. The third kappa shape index (κ3) is 2.49. The number of carbonyl (C=O) groups is 1. The summed E-state index contributed by atoms with van der Waals surface area (Å²) in [6.45, 7) is -0.148. The van der Waals surface area contributed by atoms with Gasteiger partial charge in [-0.05, 0) is 23.6 Å². The van der Waals surface area contributed by atoms with Gasteiger partial charge in [0.15, 0.2) is 0 Å². The fourth-order valence-corrected chi connectivity index (χ4v) is 2.37. The Morgan fingerprint density at radius 3 is 2.83 bits per heavy atom. The molecule has 2 rings (SSSR count). The van der Waals surface area contributed by atoms with E-state index < -0.39 is 5.97 Å². The first kappa shape index (κ1) is 12.9. The largest absolute Gasteiger partial charge is 0.480 e. The van der Waals surface area contributed by atoms with Crippen molar-refractivity contribution in [3.05, 3.63) is 34.4 Å². The SMILES string of the molecule is CN(CC(=O)O)c1nccc2cc(Cl)cc(Cl)c12. The molecular formula is C12H10Cl2N2O2. The predicted octanol–water partition coefficient (Wildman–Crippen LogP) is 3.06. The molecule has 0 radical (unpaired) electrons. The molecule has 0 aliphatic carbocycles. The van der Waals surface area contributed by atoms with Crippen LogP contribution in [0.15, 0.2) is 24.4 Å². The van der Waals surface area contributed by atoms with Gasteiger partial charge in [0, 0.05) is 23.7 Å². The van der Waals surface area contributed by atoms with E-state index in [2.05, 4.69) is 4.98 Å². The molecule has 0 aliphatic rings. The van der Waals surface area contributed by atoms with Crippen molar-refractivity contribution in [3.63, 3.8) is 0 Å². The molecule has 0 fully saturated rings. The maximum Gasteiger partial charge on any atom is 0.323 e. The van der Waals surface area contributed by atoms with Crippen molar-refractivity contribution in [3.8, 4) is 0 Å². The van der Waals surface area contributed by atoms with Gasteiger partial charge in [0.05, 0.1) is 5.02 Å². The van der Waals surface area contributed by atoms with E-state index in [1.165, 1.54) is 4.90 Å². The van der Waals surface area contributed by atoms with Gasteiger partial charge in [-0.15, -0.1) is 0 Å². The van der Waals surface area contributed by atoms with Gasteiger partial charge in [-0.3, -0.25) is 4.79 Å². The highest BCUT2D eigenvalue weighted by atomic mass is 35.5. The van der Waals surface area contributed by atoms with Gasteiger partial charge in [0.2, 0.25) is 0 Å². The lowest BCUT2D eigenvalue weighted by Gasteiger charge is -2.18. The summed E-state index contributed by atoms with van der Waals surface area (Å²) in [6.07, 6.45) is 1.60. The molecular weight excluding hydrogens is 275 g/mol. The van der Waals surface area contributed by atoms with Crippen LogP contribution in [0.1, 0.15) is 0 Å². The summed E-state index contributed by atoms with van der Waals surface area (Å²) in [5.41, 5.74) is 0. The van der Waals surface area contributed by atoms with Crippen LogP contribution in [-0.4, -0.2) is 29.7 Å². The molecule has 0 spiro atoms. The Hall–Kier alpha value is -1.52. The maximum atomic E-state index is 10.7. The minimum atomic E-state index is -0.929. The number of hydrogen-bond acceptors (Lipinski definition) is 3. The number of carboxylic acid groups (broad SMARTS) is 1. The lowest BCUT2D eigenvalue weighted by Crippen LogP contribution is -2.26. The van der Waals surface area contributed by atoms with Crippen LogP contribution in [0.2, 0.25) is 10.0 Å². The molecule has 4 nitrogen and oxygen atoms in total. The number of halogens is 2. The van der Waals surface area contributed by atoms with Crippen LogP contribution in [-0.2, 0) is 4.79 Å². The highest BCUT2D eigenvalue weighted by molar-refractivity contribution is 6.39. The Balaban J connectivity index is 2.61. The third-order valence-corrected chi connectivity index (χ3v) is 3.01. The molecule has 0 unspecified atom stereocenters. The Morgan fingerprint density at radius 1 is 1.44 bits per heavy atom. The Labute approximate surface area is 114 Å². The standard InChI is InChI=1S/C12H10Cl2N2O2/c1-16(6-10(17)18)12-11-7(2-3-15-12)4-8(13)5-9(11)14/h2-5H,6H2,1H3,(H,17,18). The average molecular weight is 285 g/mol. The van der Waals surface area contributed by atoms with E-state index in [4.69, 9.17) is 28.3 Å². The Bertz CT molecular complexity index is 616. The van der Waals surface area contributed by atoms with Crippen molar-refractivity contribution in [2.24, 2.45) is 0 Å². The van der Waals surface area contributed by atoms with Gasteiger partial charge in [0.25, 0.3) is 0 Å². The zero-order valence-electron chi connectivity index (χ0n) is 9.52. The normalized spacial score (nSPS) is 10.6. The summed E-state index contributed by atoms with van der Waals surface area (Å²) in [6, 6.07) is 5.17. The topological polar surface area (TPSA) is 53.4 Å². The molecule has 6 heteroatoms. The van der Waals surface area contributed by atoms with Gasteiger partial charge in [-0.1, -0.05) is 23.2 Å². The number of hydrogen-bond donors (Lipinski definition) is 1. The van der Waals surface area contributed by atoms with Gasteiger partial charge in [-0.2, -0.15) is 0 Å². The zero-order chi connectivity index (χ0) is 13.3. The van der Waals surface area contributed by atoms with Crippen molar-refractivity contribution in [2.45, 2.75) is 0 Å². The number of aromatic nitrogens is 1. The molecule has 0 amide bonds. The van der Waals surface area contributed by atoms with Crippen LogP contribution >= 0.6 is 23.2 Å².